The van der Waals surface area contributed by atoms with Crippen molar-refractivity contribution in [2.45, 2.75) is 33.7 Å². The number of hydrogen-bond acceptors (Lipinski definition) is 2. The molecule has 0 N–H and O–H groups in total. The number of carbonyl (C=O) groups is 1. The summed E-state index contributed by atoms with van der Waals surface area (Å²) in [5.74, 6) is -4.43. The lowest BCUT2D eigenvalue weighted by Crippen LogP contribution is -2.39. The van der Waals surface area contributed by atoms with Crippen molar-refractivity contribution >= 4 is 5.91 Å². The highest BCUT2D eigenvalue weighted by Crippen LogP contribution is 2.24. The lowest BCUT2D eigenvalue weighted by molar-refractivity contribution is -0.189. The van der Waals surface area contributed by atoms with Crippen molar-refractivity contribution in [2.75, 3.05) is 7.11 Å². The van der Waals surface area contributed by atoms with Crippen LogP contribution in [0.5, 0.6) is 0 Å². The third-order valence-electron chi connectivity index (χ3n) is 3.28. The van der Waals surface area contributed by atoms with Crippen LogP contribution in [0, 0.1) is 22.9 Å². The molecule has 0 saturated heterocycles. The van der Waals surface area contributed by atoms with E-state index in [1.54, 1.807) is 13.8 Å². The Morgan fingerprint density at radius 2 is 1.75 bits per heavy atom. The van der Waals surface area contributed by atoms with Crippen molar-refractivity contribution in [1.29, 1.82) is 0 Å². The number of hydrogen-bond donors (Lipinski definition) is 0. The molecule has 0 bridgehead atoms. The molecule has 0 aliphatic rings. The van der Waals surface area contributed by atoms with Crippen LogP contribution in [-0.2, 0) is 16.2 Å². The van der Waals surface area contributed by atoms with Crippen molar-refractivity contribution in [3.8, 4) is 0 Å². The molecule has 1 amide bonds. The Morgan fingerprint density at radius 3 is 2.15 bits per heavy atom. The van der Waals surface area contributed by atoms with E-state index in [-0.39, 0.29) is 18.0 Å². The summed E-state index contributed by atoms with van der Waals surface area (Å²) in [4.78, 5) is 17.2. The van der Waals surface area contributed by atoms with Crippen molar-refractivity contribution in [3.63, 3.8) is 0 Å². The van der Waals surface area contributed by atoms with E-state index < -0.39 is 22.9 Å². The van der Waals surface area contributed by atoms with E-state index in [2.05, 4.69) is 0 Å². The van der Waals surface area contributed by atoms with Gasteiger partial charge in [-0.25, -0.2) is 18.2 Å². The summed E-state index contributed by atoms with van der Waals surface area (Å²) < 4.78 is 39.1. The number of amides is 1. The molecule has 0 atom stereocenters. The van der Waals surface area contributed by atoms with Crippen LogP contribution in [0.3, 0.4) is 0 Å². The molecule has 0 heterocycles. The van der Waals surface area contributed by atoms with Gasteiger partial charge in [-0.15, -0.1) is 0 Å². The number of rotatable bonds is 5. The van der Waals surface area contributed by atoms with Gasteiger partial charge >= 0.3 is 0 Å². The summed E-state index contributed by atoms with van der Waals surface area (Å²) in [7, 11) is 1.29. The van der Waals surface area contributed by atoms with Crippen molar-refractivity contribution in [2.24, 2.45) is 5.41 Å². The van der Waals surface area contributed by atoms with Gasteiger partial charge in [0.05, 0.1) is 13.7 Å². The largest absolute Gasteiger partial charge is 0.274 e. The molecule has 0 aromatic heterocycles. The summed E-state index contributed by atoms with van der Waals surface area (Å²) in [6.07, 6.45) is 0.581. The fourth-order valence-corrected chi connectivity index (χ4v) is 1.57. The van der Waals surface area contributed by atoms with Gasteiger partial charge < -0.3 is 0 Å². The van der Waals surface area contributed by atoms with Crippen LogP contribution < -0.4 is 0 Å². The monoisotopic (exact) mass is 289 g/mol. The minimum Gasteiger partial charge on any atom is -0.274 e. The summed E-state index contributed by atoms with van der Waals surface area (Å²) in [5.41, 5.74) is -0.545. The van der Waals surface area contributed by atoms with E-state index in [4.69, 9.17) is 4.84 Å². The van der Waals surface area contributed by atoms with Crippen molar-refractivity contribution < 1.29 is 22.8 Å². The fourth-order valence-electron chi connectivity index (χ4n) is 1.57. The first-order valence-corrected chi connectivity index (χ1v) is 6.22. The van der Waals surface area contributed by atoms with Crippen LogP contribution in [0.1, 0.15) is 32.8 Å². The van der Waals surface area contributed by atoms with E-state index in [1.165, 1.54) is 7.11 Å². The zero-order chi connectivity index (χ0) is 15.5. The fraction of sp³-hybridized carbons (Fsp3) is 0.500. The zero-order valence-electron chi connectivity index (χ0n) is 12.0. The minimum atomic E-state index is -1.53. The highest BCUT2D eigenvalue weighted by Gasteiger charge is 2.31. The van der Waals surface area contributed by atoms with Gasteiger partial charge in [0.1, 0.15) is 0 Å². The molecule has 0 fully saturated rings. The Hall–Kier alpha value is -1.56. The van der Waals surface area contributed by atoms with Crippen LogP contribution in [0.2, 0.25) is 0 Å². The Labute approximate surface area is 116 Å². The molecule has 1 aromatic rings. The predicted octanol–water partition coefficient (Wildman–Crippen LogP) is 3.43. The lowest BCUT2D eigenvalue weighted by Gasteiger charge is -2.29. The van der Waals surface area contributed by atoms with E-state index in [0.29, 0.717) is 6.42 Å². The van der Waals surface area contributed by atoms with E-state index in [1.807, 2.05) is 6.92 Å². The minimum absolute atomic E-state index is 0.114. The maximum atomic E-state index is 13.1. The summed E-state index contributed by atoms with van der Waals surface area (Å²) in [6, 6.07) is 1.69. The lowest BCUT2D eigenvalue weighted by atomic mass is 9.89. The van der Waals surface area contributed by atoms with Gasteiger partial charge in [0.25, 0.3) is 5.91 Å². The Bertz CT molecular complexity index is 480. The zero-order valence-corrected chi connectivity index (χ0v) is 12.0. The summed E-state index contributed by atoms with van der Waals surface area (Å²) >= 11 is 0. The van der Waals surface area contributed by atoms with E-state index >= 15 is 0 Å². The second-order valence-corrected chi connectivity index (χ2v) is 5.14. The number of hydroxylamine groups is 2. The molecule has 0 unspecified atom stereocenters. The normalized spacial score (nSPS) is 11.6. The number of halogens is 3. The Morgan fingerprint density at radius 1 is 1.25 bits per heavy atom. The first kappa shape index (κ1) is 16.5. The third-order valence-corrected chi connectivity index (χ3v) is 3.28. The number of benzene rings is 1. The topological polar surface area (TPSA) is 29.5 Å². The predicted molar refractivity (Wildman–Crippen MR) is 67.9 cm³/mol. The second kappa shape index (κ2) is 6.26. The van der Waals surface area contributed by atoms with Crippen LogP contribution in [0.15, 0.2) is 12.1 Å². The Balaban J connectivity index is 2.98. The quantitative estimate of drug-likeness (QED) is 0.614. The van der Waals surface area contributed by atoms with Crippen LogP contribution in [0.4, 0.5) is 13.2 Å². The van der Waals surface area contributed by atoms with Gasteiger partial charge in [-0.2, -0.15) is 0 Å². The SMILES string of the molecule is CCC(C)(C)C(=O)N(Cc1cc(F)c(F)c(F)c1)OC. The molecule has 20 heavy (non-hydrogen) atoms. The van der Waals surface area contributed by atoms with Gasteiger partial charge in [0.15, 0.2) is 17.5 Å². The first-order chi connectivity index (χ1) is 9.22. The van der Waals surface area contributed by atoms with Crippen LogP contribution in [0.25, 0.3) is 0 Å². The maximum Gasteiger partial charge on any atom is 0.252 e. The molecule has 0 saturated carbocycles. The Kier molecular flexibility index (Phi) is 5.16. The molecule has 0 aliphatic carbocycles. The number of carbonyl (C=O) groups excluding carboxylic acids is 1. The van der Waals surface area contributed by atoms with Gasteiger partial charge in [-0.1, -0.05) is 20.8 Å². The van der Waals surface area contributed by atoms with Crippen molar-refractivity contribution in [3.05, 3.63) is 35.1 Å². The molecule has 3 nitrogen and oxygen atoms in total. The van der Waals surface area contributed by atoms with Crippen LogP contribution in [-0.4, -0.2) is 18.1 Å². The average Bonchev–Trinajstić information content (AvgIpc) is 2.41. The smallest absolute Gasteiger partial charge is 0.252 e. The maximum absolute atomic E-state index is 13.1. The molecule has 6 heteroatoms. The highest BCUT2D eigenvalue weighted by molar-refractivity contribution is 5.80. The molecule has 1 rings (SSSR count). The molecule has 112 valence electrons. The molecule has 1 aromatic carbocycles. The van der Waals surface area contributed by atoms with Crippen molar-refractivity contribution in [1.82, 2.24) is 5.06 Å². The molecular formula is C14H18F3NO2. The van der Waals surface area contributed by atoms with Gasteiger partial charge in [-0.3, -0.25) is 9.63 Å². The summed E-state index contributed by atoms with van der Waals surface area (Å²) in [6.45, 7) is 5.18. The number of nitrogens with zero attached hydrogens (tertiary/aromatic N) is 1. The summed E-state index contributed by atoms with van der Waals surface area (Å²) in [5, 5.41) is 1.01. The molecule has 0 radical (unpaired) electrons. The standard InChI is InChI=1S/C14H18F3NO2/c1-5-14(2,3)13(19)18(20-4)8-9-6-10(15)12(17)11(16)7-9/h6-7H,5,8H2,1-4H3. The molecular weight excluding hydrogens is 271 g/mol. The molecule has 0 aliphatic heterocycles. The van der Waals surface area contributed by atoms with Gasteiger partial charge in [-0.05, 0) is 24.1 Å². The third kappa shape index (κ3) is 3.50. The first-order valence-electron chi connectivity index (χ1n) is 6.22. The average molecular weight is 289 g/mol. The van der Waals surface area contributed by atoms with Gasteiger partial charge in [0.2, 0.25) is 0 Å². The van der Waals surface area contributed by atoms with Gasteiger partial charge in [0, 0.05) is 5.41 Å². The highest BCUT2D eigenvalue weighted by atomic mass is 19.2. The van der Waals surface area contributed by atoms with E-state index in [0.717, 1.165) is 17.2 Å². The second-order valence-electron chi connectivity index (χ2n) is 5.14. The van der Waals surface area contributed by atoms with Crippen LogP contribution >= 0.6 is 0 Å². The van der Waals surface area contributed by atoms with E-state index in [9.17, 15) is 18.0 Å². The molecule has 0 spiro atoms.